The summed E-state index contributed by atoms with van der Waals surface area (Å²) in [7, 11) is 0. The van der Waals surface area contributed by atoms with E-state index in [0.29, 0.717) is 26.6 Å². The van der Waals surface area contributed by atoms with E-state index in [9.17, 15) is 14.7 Å². The molecule has 1 aromatic heterocycles. The van der Waals surface area contributed by atoms with Crippen LogP contribution in [0.4, 0.5) is 0 Å². The number of nitrogens with one attached hydrogen (secondary N) is 1. The van der Waals surface area contributed by atoms with Crippen LogP contribution in [0.5, 0.6) is 0 Å². The number of esters is 1. The van der Waals surface area contributed by atoms with Crippen LogP contribution in [0.3, 0.4) is 0 Å². The Bertz CT molecular complexity index is 1040. The molecular formula is C20H15Cl2NO4. The Morgan fingerprint density at radius 3 is 2.56 bits per heavy atom. The number of hydrogen-bond donors (Lipinski definition) is 2. The van der Waals surface area contributed by atoms with Gasteiger partial charge in [-0.1, -0.05) is 53.5 Å². The second kappa shape index (κ2) is 7.86. The second-order valence-electron chi connectivity index (χ2n) is 5.86. The molecule has 27 heavy (non-hydrogen) atoms. The summed E-state index contributed by atoms with van der Waals surface area (Å²) in [6, 6.07) is 11.7. The Morgan fingerprint density at radius 1 is 1.19 bits per heavy atom. The molecule has 0 amide bonds. The Kier molecular flexibility index (Phi) is 5.54. The minimum absolute atomic E-state index is 0.142. The maximum Gasteiger partial charge on any atom is 0.336 e. The van der Waals surface area contributed by atoms with E-state index in [4.69, 9.17) is 27.9 Å². The predicted octanol–water partition coefficient (Wildman–Crippen LogP) is 5.25. The molecule has 0 bridgehead atoms. The first-order valence-corrected chi connectivity index (χ1v) is 8.79. The first kappa shape index (κ1) is 19.0. The number of fused-ring (bicyclic) bond motifs is 1. The molecule has 138 valence electrons. The van der Waals surface area contributed by atoms with Crippen molar-refractivity contribution in [3.63, 3.8) is 0 Å². The molecule has 3 aromatic rings. The minimum atomic E-state index is -1.21. The number of benzene rings is 2. The standard InChI is InChI=1S/C20H15Cl2NO4/c1-11(15-10-23-17-8-13(21)7-16(22)19(15)17)27-18(24)9-14(20(25)26)12-5-3-2-4-6-12/h2-11,23H,1H3,(H,25,26)/b14-9-. The third kappa shape index (κ3) is 4.15. The van der Waals surface area contributed by atoms with Gasteiger partial charge in [0.25, 0.3) is 0 Å². The average Bonchev–Trinajstić information content (AvgIpc) is 3.04. The Morgan fingerprint density at radius 2 is 1.89 bits per heavy atom. The van der Waals surface area contributed by atoms with Gasteiger partial charge in [-0.2, -0.15) is 0 Å². The number of carbonyl (C=O) groups is 2. The van der Waals surface area contributed by atoms with Crippen LogP contribution in [0.1, 0.15) is 24.2 Å². The third-order valence-electron chi connectivity index (χ3n) is 4.04. The number of halogens is 2. The van der Waals surface area contributed by atoms with Crippen molar-refractivity contribution in [3.8, 4) is 0 Å². The van der Waals surface area contributed by atoms with E-state index in [1.165, 1.54) is 0 Å². The molecule has 1 unspecified atom stereocenters. The van der Waals surface area contributed by atoms with Crippen LogP contribution in [-0.2, 0) is 14.3 Å². The van der Waals surface area contributed by atoms with Gasteiger partial charge in [-0.25, -0.2) is 9.59 Å². The van der Waals surface area contributed by atoms with Gasteiger partial charge in [-0.05, 0) is 24.6 Å². The summed E-state index contributed by atoms with van der Waals surface area (Å²) in [5.41, 5.74) is 1.66. The molecule has 7 heteroatoms. The van der Waals surface area contributed by atoms with Gasteiger partial charge in [0.05, 0.1) is 10.6 Å². The molecule has 0 radical (unpaired) electrons. The van der Waals surface area contributed by atoms with Gasteiger partial charge in [-0.15, -0.1) is 0 Å². The molecule has 1 heterocycles. The smallest absolute Gasteiger partial charge is 0.336 e. The average molecular weight is 404 g/mol. The summed E-state index contributed by atoms with van der Waals surface area (Å²) < 4.78 is 5.40. The molecule has 0 fully saturated rings. The molecule has 0 saturated carbocycles. The van der Waals surface area contributed by atoms with Gasteiger partial charge in [0, 0.05) is 33.8 Å². The van der Waals surface area contributed by atoms with Crippen molar-refractivity contribution >= 4 is 51.6 Å². The summed E-state index contributed by atoms with van der Waals surface area (Å²) in [6.07, 6.45) is 2.01. The highest BCUT2D eigenvalue weighted by Gasteiger charge is 2.19. The van der Waals surface area contributed by atoms with E-state index >= 15 is 0 Å². The monoisotopic (exact) mass is 403 g/mol. The number of rotatable bonds is 5. The van der Waals surface area contributed by atoms with E-state index < -0.39 is 18.0 Å². The van der Waals surface area contributed by atoms with Gasteiger partial charge in [-0.3, -0.25) is 0 Å². The van der Waals surface area contributed by atoms with Gasteiger partial charge < -0.3 is 14.8 Å². The topological polar surface area (TPSA) is 79.4 Å². The van der Waals surface area contributed by atoms with Gasteiger partial charge >= 0.3 is 11.9 Å². The minimum Gasteiger partial charge on any atom is -0.478 e. The number of hydrogen-bond acceptors (Lipinski definition) is 3. The number of carboxylic acids is 1. The van der Waals surface area contributed by atoms with Crippen molar-refractivity contribution in [2.75, 3.05) is 0 Å². The molecule has 2 N–H and O–H groups in total. The number of aliphatic carboxylic acids is 1. The maximum absolute atomic E-state index is 12.3. The van der Waals surface area contributed by atoms with Crippen LogP contribution in [0.2, 0.25) is 10.0 Å². The zero-order chi connectivity index (χ0) is 19.6. The number of aromatic nitrogens is 1. The van der Waals surface area contributed by atoms with Crippen LogP contribution in [0.25, 0.3) is 16.5 Å². The second-order valence-corrected chi connectivity index (χ2v) is 6.71. The third-order valence-corrected chi connectivity index (χ3v) is 4.55. The van der Waals surface area contributed by atoms with E-state index in [0.717, 1.165) is 11.6 Å². The van der Waals surface area contributed by atoms with Crippen molar-refractivity contribution in [2.45, 2.75) is 13.0 Å². The fourth-order valence-corrected chi connectivity index (χ4v) is 3.41. The number of H-pyrrole nitrogens is 1. The summed E-state index contributed by atoms with van der Waals surface area (Å²) in [6.45, 7) is 1.68. The summed E-state index contributed by atoms with van der Waals surface area (Å²) in [5, 5.41) is 11.0. The van der Waals surface area contributed by atoms with Crippen molar-refractivity contribution < 1.29 is 19.4 Å². The Labute approximate surface area is 165 Å². The lowest BCUT2D eigenvalue weighted by Gasteiger charge is -2.12. The summed E-state index contributed by atoms with van der Waals surface area (Å²) in [4.78, 5) is 26.8. The number of aromatic amines is 1. The summed E-state index contributed by atoms with van der Waals surface area (Å²) in [5.74, 6) is -1.97. The van der Waals surface area contributed by atoms with Crippen LogP contribution in [0, 0.1) is 0 Å². The molecular weight excluding hydrogens is 389 g/mol. The highest BCUT2D eigenvalue weighted by molar-refractivity contribution is 6.38. The van der Waals surface area contributed by atoms with Crippen molar-refractivity contribution in [1.82, 2.24) is 4.98 Å². The Hall–Kier alpha value is -2.76. The van der Waals surface area contributed by atoms with Crippen molar-refractivity contribution in [1.29, 1.82) is 0 Å². The van der Waals surface area contributed by atoms with Crippen LogP contribution < -0.4 is 0 Å². The van der Waals surface area contributed by atoms with Crippen LogP contribution >= 0.6 is 23.2 Å². The molecule has 5 nitrogen and oxygen atoms in total. The maximum atomic E-state index is 12.3. The quantitative estimate of drug-likeness (QED) is 0.450. The number of carbonyl (C=O) groups excluding carboxylic acids is 1. The SMILES string of the molecule is CC(OC(=O)/C=C(\C(=O)O)c1ccccc1)c1c[nH]c2cc(Cl)cc(Cl)c12. The van der Waals surface area contributed by atoms with Crippen LogP contribution in [0.15, 0.2) is 54.7 Å². The lowest BCUT2D eigenvalue weighted by atomic mass is 10.1. The predicted molar refractivity (Wildman–Crippen MR) is 105 cm³/mol. The lowest BCUT2D eigenvalue weighted by molar-refractivity contribution is -0.142. The molecule has 0 saturated heterocycles. The first-order valence-electron chi connectivity index (χ1n) is 8.04. The highest BCUT2D eigenvalue weighted by atomic mass is 35.5. The Balaban J connectivity index is 1.86. The largest absolute Gasteiger partial charge is 0.478 e. The van der Waals surface area contributed by atoms with E-state index in [1.54, 1.807) is 55.6 Å². The fraction of sp³-hybridized carbons (Fsp3) is 0.100. The van der Waals surface area contributed by atoms with Crippen molar-refractivity contribution in [3.05, 3.63) is 75.9 Å². The molecule has 0 aliphatic rings. The molecule has 0 aliphatic heterocycles. The molecule has 0 aliphatic carbocycles. The first-order chi connectivity index (χ1) is 12.9. The zero-order valence-electron chi connectivity index (χ0n) is 14.2. The van der Waals surface area contributed by atoms with E-state index in [-0.39, 0.29) is 5.57 Å². The van der Waals surface area contributed by atoms with Crippen LogP contribution in [-0.4, -0.2) is 22.0 Å². The lowest BCUT2D eigenvalue weighted by Crippen LogP contribution is -2.09. The van der Waals surface area contributed by atoms with Crippen molar-refractivity contribution in [2.24, 2.45) is 0 Å². The number of ether oxygens (including phenoxy) is 1. The fourth-order valence-electron chi connectivity index (χ4n) is 2.80. The van der Waals surface area contributed by atoms with E-state index in [1.807, 2.05) is 0 Å². The molecule has 3 rings (SSSR count). The van der Waals surface area contributed by atoms with Gasteiger partial charge in [0.15, 0.2) is 0 Å². The van der Waals surface area contributed by atoms with Gasteiger partial charge in [0.2, 0.25) is 0 Å². The normalized spacial score (nSPS) is 12.8. The molecule has 0 spiro atoms. The zero-order valence-corrected chi connectivity index (χ0v) is 15.7. The summed E-state index contributed by atoms with van der Waals surface area (Å²) >= 11 is 12.2. The highest BCUT2D eigenvalue weighted by Crippen LogP contribution is 2.34. The van der Waals surface area contributed by atoms with E-state index in [2.05, 4.69) is 4.98 Å². The van der Waals surface area contributed by atoms with Gasteiger partial charge in [0.1, 0.15) is 6.10 Å². The molecule has 1 atom stereocenters. The molecule has 2 aromatic carbocycles. The number of carboxylic acid groups (broad SMARTS) is 1.